The fourth-order valence-corrected chi connectivity index (χ4v) is 2.18. The molecule has 0 N–H and O–H groups in total. The predicted octanol–water partition coefficient (Wildman–Crippen LogP) is 3.88. The molecule has 98 valence electrons. The van der Waals surface area contributed by atoms with E-state index in [0.717, 1.165) is 22.5 Å². The Morgan fingerprint density at radius 3 is 1.85 bits per heavy atom. The summed E-state index contributed by atoms with van der Waals surface area (Å²) in [6.45, 7) is 0. The molecule has 0 saturated heterocycles. The van der Waals surface area contributed by atoms with E-state index in [0.29, 0.717) is 4.77 Å². The molecule has 0 aliphatic carbocycles. The number of aromatic nitrogens is 3. The first-order valence-electron chi connectivity index (χ1n) is 6.32. The minimum Gasteiger partial charge on any atom is -0.241 e. The molecular weight excluding hydrogens is 266 g/mol. The van der Waals surface area contributed by atoms with Crippen LogP contribution in [0.25, 0.3) is 22.5 Å². The van der Waals surface area contributed by atoms with Crippen LogP contribution >= 0.6 is 12.2 Å². The number of benzene rings is 2. The highest BCUT2D eigenvalue weighted by molar-refractivity contribution is 7.71. The molecule has 0 spiro atoms. The van der Waals surface area contributed by atoms with E-state index in [1.54, 1.807) is 4.68 Å². The van der Waals surface area contributed by atoms with Crippen LogP contribution in [0, 0.1) is 4.77 Å². The highest BCUT2D eigenvalue weighted by Gasteiger charge is 2.11. The van der Waals surface area contributed by atoms with Crippen LogP contribution in [-0.2, 0) is 7.05 Å². The van der Waals surface area contributed by atoms with Crippen LogP contribution in [0.15, 0.2) is 60.7 Å². The van der Waals surface area contributed by atoms with Gasteiger partial charge in [-0.15, -0.1) is 0 Å². The Labute approximate surface area is 122 Å². The molecule has 0 atom stereocenters. The van der Waals surface area contributed by atoms with Crippen LogP contribution in [0.5, 0.6) is 0 Å². The molecule has 20 heavy (non-hydrogen) atoms. The molecule has 0 unspecified atom stereocenters. The number of rotatable bonds is 2. The molecule has 0 fully saturated rings. The summed E-state index contributed by atoms with van der Waals surface area (Å²) >= 11 is 5.24. The van der Waals surface area contributed by atoms with E-state index in [2.05, 4.69) is 10.1 Å². The van der Waals surface area contributed by atoms with Gasteiger partial charge in [0.05, 0.1) is 0 Å². The number of hydrogen-bond donors (Lipinski definition) is 0. The Balaban J connectivity index is 2.29. The highest BCUT2D eigenvalue weighted by atomic mass is 32.1. The van der Waals surface area contributed by atoms with Crippen molar-refractivity contribution in [1.82, 2.24) is 14.8 Å². The summed E-state index contributed by atoms with van der Waals surface area (Å²) in [6, 6.07) is 20.0. The second kappa shape index (κ2) is 5.35. The smallest absolute Gasteiger partial charge is 0.216 e. The Morgan fingerprint density at radius 2 is 1.30 bits per heavy atom. The monoisotopic (exact) mass is 279 g/mol. The van der Waals surface area contributed by atoms with E-state index in [4.69, 9.17) is 12.2 Å². The molecule has 0 aliphatic rings. The maximum absolute atomic E-state index is 5.24. The first-order valence-corrected chi connectivity index (χ1v) is 6.73. The second-order valence-electron chi connectivity index (χ2n) is 4.45. The Hall–Kier alpha value is -2.33. The average molecular weight is 279 g/mol. The number of aryl methyl sites for hydroxylation is 1. The molecule has 0 aliphatic heterocycles. The van der Waals surface area contributed by atoms with Gasteiger partial charge in [0.2, 0.25) is 4.77 Å². The van der Waals surface area contributed by atoms with E-state index in [-0.39, 0.29) is 0 Å². The standard InChI is InChI=1S/C16H13N3S/c1-19-16(20)17-14(12-8-4-2-5-9-12)15(18-19)13-10-6-3-7-11-13/h2-11H,1H3. The maximum atomic E-state index is 5.24. The van der Waals surface area contributed by atoms with Crippen LogP contribution in [0.4, 0.5) is 0 Å². The SMILES string of the molecule is Cn1nc(-c2ccccc2)c(-c2ccccc2)nc1=S. The molecular formula is C16H13N3S. The highest BCUT2D eigenvalue weighted by Crippen LogP contribution is 2.27. The average Bonchev–Trinajstić information content (AvgIpc) is 2.51. The van der Waals surface area contributed by atoms with Crippen molar-refractivity contribution in [2.24, 2.45) is 7.05 Å². The fraction of sp³-hybridized carbons (Fsp3) is 0.0625. The summed E-state index contributed by atoms with van der Waals surface area (Å²) in [4.78, 5) is 4.53. The molecule has 3 nitrogen and oxygen atoms in total. The van der Waals surface area contributed by atoms with E-state index in [1.165, 1.54) is 0 Å². The molecule has 0 amide bonds. The third-order valence-electron chi connectivity index (χ3n) is 3.05. The number of hydrogen-bond acceptors (Lipinski definition) is 3. The van der Waals surface area contributed by atoms with Gasteiger partial charge in [0.25, 0.3) is 0 Å². The molecule has 1 heterocycles. The third kappa shape index (κ3) is 2.38. The molecule has 0 saturated carbocycles. The van der Waals surface area contributed by atoms with Crippen molar-refractivity contribution in [1.29, 1.82) is 0 Å². The Morgan fingerprint density at radius 1 is 0.800 bits per heavy atom. The first kappa shape index (κ1) is 12.7. The van der Waals surface area contributed by atoms with Gasteiger partial charge < -0.3 is 0 Å². The first-order chi connectivity index (χ1) is 9.75. The maximum Gasteiger partial charge on any atom is 0.216 e. The lowest BCUT2D eigenvalue weighted by Crippen LogP contribution is -2.05. The van der Waals surface area contributed by atoms with Gasteiger partial charge in [0.15, 0.2) is 0 Å². The summed E-state index contributed by atoms with van der Waals surface area (Å²) in [7, 11) is 1.82. The van der Waals surface area contributed by atoms with E-state index in [1.807, 2.05) is 67.7 Å². The summed E-state index contributed by atoms with van der Waals surface area (Å²) < 4.78 is 2.10. The summed E-state index contributed by atoms with van der Waals surface area (Å²) in [5, 5.41) is 4.57. The zero-order chi connectivity index (χ0) is 13.9. The summed E-state index contributed by atoms with van der Waals surface area (Å²) in [5.74, 6) is 0. The van der Waals surface area contributed by atoms with Gasteiger partial charge in [-0.1, -0.05) is 60.7 Å². The van der Waals surface area contributed by atoms with Crippen LogP contribution in [0.1, 0.15) is 0 Å². The fourth-order valence-electron chi connectivity index (χ4n) is 2.05. The van der Waals surface area contributed by atoms with Gasteiger partial charge in [-0.2, -0.15) is 5.10 Å². The lowest BCUT2D eigenvalue weighted by Gasteiger charge is -2.10. The summed E-state index contributed by atoms with van der Waals surface area (Å²) in [6.07, 6.45) is 0. The van der Waals surface area contributed by atoms with Crippen molar-refractivity contribution in [2.45, 2.75) is 0 Å². The van der Waals surface area contributed by atoms with Crippen LogP contribution < -0.4 is 0 Å². The lowest BCUT2D eigenvalue weighted by atomic mass is 10.0. The molecule has 3 rings (SSSR count). The van der Waals surface area contributed by atoms with Crippen molar-refractivity contribution >= 4 is 12.2 Å². The molecule has 0 radical (unpaired) electrons. The van der Waals surface area contributed by atoms with Crippen molar-refractivity contribution in [3.05, 3.63) is 65.4 Å². The van der Waals surface area contributed by atoms with E-state index < -0.39 is 0 Å². The Bertz CT molecular complexity index is 780. The summed E-state index contributed by atoms with van der Waals surface area (Å²) in [5.41, 5.74) is 3.71. The quantitative estimate of drug-likeness (QED) is 0.667. The van der Waals surface area contributed by atoms with Gasteiger partial charge in [0, 0.05) is 18.2 Å². The molecule has 3 aromatic rings. The molecule has 1 aromatic heterocycles. The second-order valence-corrected chi connectivity index (χ2v) is 4.81. The van der Waals surface area contributed by atoms with Crippen molar-refractivity contribution in [3.8, 4) is 22.5 Å². The minimum absolute atomic E-state index is 0.475. The largest absolute Gasteiger partial charge is 0.241 e. The predicted molar refractivity (Wildman–Crippen MR) is 82.7 cm³/mol. The zero-order valence-electron chi connectivity index (χ0n) is 11.0. The van der Waals surface area contributed by atoms with Crippen molar-refractivity contribution < 1.29 is 0 Å². The minimum atomic E-state index is 0.475. The van der Waals surface area contributed by atoms with Gasteiger partial charge in [0.1, 0.15) is 11.4 Å². The number of nitrogens with zero attached hydrogens (tertiary/aromatic N) is 3. The van der Waals surface area contributed by atoms with E-state index in [9.17, 15) is 0 Å². The Kier molecular flexibility index (Phi) is 3.39. The van der Waals surface area contributed by atoms with E-state index >= 15 is 0 Å². The van der Waals surface area contributed by atoms with Crippen molar-refractivity contribution in [2.75, 3.05) is 0 Å². The van der Waals surface area contributed by atoms with Gasteiger partial charge in [-0.05, 0) is 12.2 Å². The molecule has 4 heteroatoms. The zero-order valence-corrected chi connectivity index (χ0v) is 11.8. The van der Waals surface area contributed by atoms with Crippen LogP contribution in [0.2, 0.25) is 0 Å². The molecule has 2 aromatic carbocycles. The van der Waals surface area contributed by atoms with Crippen molar-refractivity contribution in [3.63, 3.8) is 0 Å². The lowest BCUT2D eigenvalue weighted by molar-refractivity contribution is 0.704. The van der Waals surface area contributed by atoms with Gasteiger partial charge >= 0.3 is 0 Å². The van der Waals surface area contributed by atoms with Gasteiger partial charge in [-0.25, -0.2) is 9.67 Å². The third-order valence-corrected chi connectivity index (χ3v) is 3.41. The normalized spacial score (nSPS) is 10.4. The van der Waals surface area contributed by atoms with Crippen LogP contribution in [0.3, 0.4) is 0 Å². The topological polar surface area (TPSA) is 30.7 Å². The van der Waals surface area contributed by atoms with Gasteiger partial charge in [-0.3, -0.25) is 0 Å². The van der Waals surface area contributed by atoms with Crippen LogP contribution in [-0.4, -0.2) is 14.8 Å². The molecule has 0 bridgehead atoms.